The molecule has 0 radical (unpaired) electrons. The summed E-state index contributed by atoms with van der Waals surface area (Å²) in [6, 6.07) is 11.7. The molecule has 0 unspecified atom stereocenters. The number of carbonyl (C=O) groups excluding carboxylic acids is 1. The van der Waals surface area contributed by atoms with Crippen molar-refractivity contribution in [1.29, 1.82) is 0 Å². The van der Waals surface area contributed by atoms with Gasteiger partial charge >= 0.3 is 0 Å². The van der Waals surface area contributed by atoms with E-state index in [1.165, 1.54) is 17.5 Å². The topological polar surface area (TPSA) is 88.2 Å². The predicted molar refractivity (Wildman–Crippen MR) is 121 cm³/mol. The fourth-order valence-corrected chi connectivity index (χ4v) is 5.01. The van der Waals surface area contributed by atoms with Crippen LogP contribution in [0.4, 0.5) is 11.4 Å². The van der Waals surface area contributed by atoms with E-state index in [1.807, 2.05) is 0 Å². The Morgan fingerprint density at radius 2 is 1.84 bits per heavy atom. The minimum Gasteiger partial charge on any atom is -0.497 e. The Morgan fingerprint density at radius 3 is 2.48 bits per heavy atom. The van der Waals surface area contributed by atoms with Gasteiger partial charge in [0.05, 0.1) is 36.6 Å². The Labute approximate surface area is 183 Å². The van der Waals surface area contributed by atoms with E-state index in [9.17, 15) is 13.2 Å². The second-order valence-electron chi connectivity index (χ2n) is 7.05. The number of carbonyl (C=O) groups is 1. The van der Waals surface area contributed by atoms with E-state index >= 15 is 0 Å². The molecule has 0 atom stereocenters. The molecular weight excluding hydrogens is 418 g/mol. The summed E-state index contributed by atoms with van der Waals surface area (Å²) in [6.45, 7) is 6.80. The number of anilines is 2. The smallest absolute Gasteiger partial charge is 0.255 e. The summed E-state index contributed by atoms with van der Waals surface area (Å²) in [6.07, 6.45) is 0. The van der Waals surface area contributed by atoms with Gasteiger partial charge in [0.15, 0.2) is 0 Å². The van der Waals surface area contributed by atoms with Gasteiger partial charge in [-0.25, -0.2) is 8.42 Å². The number of methoxy groups -OCH3 is 1. The van der Waals surface area contributed by atoms with Crippen LogP contribution in [0.5, 0.6) is 5.75 Å². The highest BCUT2D eigenvalue weighted by molar-refractivity contribution is 7.89. The zero-order chi connectivity index (χ0) is 22.4. The van der Waals surface area contributed by atoms with Crippen molar-refractivity contribution >= 4 is 27.3 Å². The van der Waals surface area contributed by atoms with E-state index in [4.69, 9.17) is 9.47 Å². The van der Waals surface area contributed by atoms with Gasteiger partial charge in [-0.2, -0.15) is 4.31 Å². The first-order valence-electron chi connectivity index (χ1n) is 10.3. The molecule has 0 aliphatic carbocycles. The molecule has 0 saturated carbocycles. The van der Waals surface area contributed by atoms with Gasteiger partial charge in [-0.15, -0.1) is 0 Å². The summed E-state index contributed by atoms with van der Waals surface area (Å²) < 4.78 is 38.1. The van der Waals surface area contributed by atoms with Gasteiger partial charge < -0.3 is 19.7 Å². The molecule has 1 aliphatic heterocycles. The van der Waals surface area contributed by atoms with E-state index in [0.717, 1.165) is 5.69 Å². The van der Waals surface area contributed by atoms with Crippen molar-refractivity contribution in [1.82, 2.24) is 4.31 Å². The lowest BCUT2D eigenvalue weighted by molar-refractivity contribution is 0.102. The van der Waals surface area contributed by atoms with Crippen molar-refractivity contribution in [2.75, 3.05) is 56.7 Å². The largest absolute Gasteiger partial charge is 0.497 e. The minimum atomic E-state index is -3.66. The maximum absolute atomic E-state index is 13.0. The van der Waals surface area contributed by atoms with Gasteiger partial charge in [-0.05, 0) is 36.4 Å². The van der Waals surface area contributed by atoms with Gasteiger partial charge in [0.1, 0.15) is 5.75 Å². The number of hydrogen-bond donors (Lipinski definition) is 1. The minimum absolute atomic E-state index is 0.147. The summed E-state index contributed by atoms with van der Waals surface area (Å²) >= 11 is 0. The van der Waals surface area contributed by atoms with Crippen molar-refractivity contribution in [3.63, 3.8) is 0 Å². The normalized spacial score (nSPS) is 14.5. The first-order chi connectivity index (χ1) is 14.9. The quantitative estimate of drug-likeness (QED) is 0.670. The number of morpholine rings is 1. The number of benzene rings is 2. The molecule has 1 amide bonds. The molecule has 0 aromatic heterocycles. The molecule has 2 aromatic carbocycles. The number of nitrogens with zero attached hydrogens (tertiary/aromatic N) is 2. The number of sulfonamides is 1. The lowest BCUT2D eigenvalue weighted by Gasteiger charge is -2.31. The van der Waals surface area contributed by atoms with Crippen molar-refractivity contribution in [2.45, 2.75) is 18.7 Å². The van der Waals surface area contributed by atoms with Crippen molar-refractivity contribution in [3.05, 3.63) is 48.0 Å². The summed E-state index contributed by atoms with van der Waals surface area (Å²) in [5.41, 5.74) is 1.63. The Morgan fingerprint density at radius 1 is 1.13 bits per heavy atom. The molecule has 8 nitrogen and oxygen atoms in total. The van der Waals surface area contributed by atoms with Crippen LogP contribution in [0.1, 0.15) is 24.2 Å². The van der Waals surface area contributed by atoms with Gasteiger partial charge in [-0.3, -0.25) is 4.79 Å². The number of nitrogens with one attached hydrogen (secondary N) is 1. The highest BCUT2D eigenvalue weighted by Crippen LogP contribution is 2.31. The van der Waals surface area contributed by atoms with Gasteiger partial charge in [0.2, 0.25) is 10.0 Å². The molecule has 2 aromatic rings. The highest BCUT2D eigenvalue weighted by atomic mass is 32.2. The van der Waals surface area contributed by atoms with Crippen molar-refractivity contribution in [2.24, 2.45) is 0 Å². The van der Waals surface area contributed by atoms with Crippen LogP contribution in [0.15, 0.2) is 47.4 Å². The van der Waals surface area contributed by atoms with Crippen LogP contribution >= 0.6 is 0 Å². The molecule has 31 heavy (non-hydrogen) atoms. The monoisotopic (exact) mass is 447 g/mol. The molecule has 0 spiro atoms. The number of hydrogen-bond acceptors (Lipinski definition) is 6. The van der Waals surface area contributed by atoms with Crippen LogP contribution in [-0.2, 0) is 14.8 Å². The Balaban J connectivity index is 2.00. The fourth-order valence-electron chi connectivity index (χ4n) is 3.53. The van der Waals surface area contributed by atoms with E-state index in [2.05, 4.69) is 10.2 Å². The number of amides is 1. The average Bonchev–Trinajstić information content (AvgIpc) is 2.80. The Bertz CT molecular complexity index is 1020. The summed E-state index contributed by atoms with van der Waals surface area (Å²) in [7, 11) is -2.13. The van der Waals surface area contributed by atoms with Crippen LogP contribution in [0.25, 0.3) is 0 Å². The zero-order valence-electron chi connectivity index (χ0n) is 18.1. The van der Waals surface area contributed by atoms with Crippen LogP contribution in [-0.4, -0.2) is 65.1 Å². The third kappa shape index (κ3) is 5.17. The van der Waals surface area contributed by atoms with Crippen molar-refractivity contribution in [3.8, 4) is 5.75 Å². The highest BCUT2D eigenvalue weighted by Gasteiger charge is 2.25. The molecule has 3 rings (SSSR count). The maximum Gasteiger partial charge on any atom is 0.255 e. The first-order valence-corrected chi connectivity index (χ1v) is 11.8. The van der Waals surface area contributed by atoms with Gasteiger partial charge in [-0.1, -0.05) is 19.9 Å². The lowest BCUT2D eigenvalue weighted by atomic mass is 10.1. The molecule has 0 bridgehead atoms. The second-order valence-corrected chi connectivity index (χ2v) is 8.99. The molecule has 9 heteroatoms. The lowest BCUT2D eigenvalue weighted by Crippen LogP contribution is -2.37. The molecular formula is C22H29N3O5S. The fraction of sp³-hybridized carbons (Fsp3) is 0.409. The van der Waals surface area contributed by atoms with Crippen LogP contribution in [0.3, 0.4) is 0 Å². The van der Waals surface area contributed by atoms with Crippen molar-refractivity contribution < 1.29 is 22.7 Å². The van der Waals surface area contributed by atoms with Crippen LogP contribution in [0.2, 0.25) is 0 Å². The summed E-state index contributed by atoms with van der Waals surface area (Å²) in [5, 5.41) is 2.90. The summed E-state index contributed by atoms with van der Waals surface area (Å²) in [4.78, 5) is 15.2. The van der Waals surface area contributed by atoms with Gasteiger partial charge in [0, 0.05) is 31.7 Å². The average molecular weight is 448 g/mol. The molecule has 1 saturated heterocycles. The third-order valence-corrected chi connectivity index (χ3v) is 7.29. The SMILES string of the molecule is CCN(CC)S(=O)(=O)c1ccc(N2CCOCC2)c(NC(=O)c2cccc(OC)c2)c1. The molecule has 1 fully saturated rings. The third-order valence-electron chi connectivity index (χ3n) is 5.24. The van der Waals surface area contributed by atoms with Crippen LogP contribution in [0, 0.1) is 0 Å². The number of ether oxygens (including phenoxy) is 2. The summed E-state index contributed by atoms with van der Waals surface area (Å²) in [5.74, 6) is 0.227. The predicted octanol–water partition coefficient (Wildman–Crippen LogP) is 2.81. The maximum atomic E-state index is 13.0. The Kier molecular flexibility index (Phi) is 7.53. The van der Waals surface area contributed by atoms with E-state index in [0.29, 0.717) is 56.4 Å². The zero-order valence-corrected chi connectivity index (χ0v) is 18.9. The van der Waals surface area contributed by atoms with Crippen LogP contribution < -0.4 is 15.0 Å². The van der Waals surface area contributed by atoms with E-state index < -0.39 is 10.0 Å². The molecule has 168 valence electrons. The Hall–Kier alpha value is -2.62. The molecule has 1 N–H and O–H groups in total. The van der Waals surface area contributed by atoms with Gasteiger partial charge in [0.25, 0.3) is 5.91 Å². The molecule has 1 heterocycles. The standard InChI is InChI=1S/C22H29N3O5S/c1-4-25(5-2)31(27,28)19-9-10-21(24-11-13-30-14-12-24)20(16-19)23-22(26)17-7-6-8-18(15-17)29-3/h6-10,15-16H,4-5,11-14H2,1-3H3,(H,23,26). The van der Waals surface area contributed by atoms with E-state index in [-0.39, 0.29) is 10.8 Å². The first kappa shape index (κ1) is 23.1. The number of rotatable bonds is 8. The second kappa shape index (κ2) is 10.1. The molecule has 1 aliphatic rings. The van der Waals surface area contributed by atoms with E-state index in [1.54, 1.807) is 50.2 Å².